The highest BCUT2D eigenvalue weighted by molar-refractivity contribution is 6.03. The number of hydrogen-bond acceptors (Lipinski definition) is 6. The molecule has 7 nitrogen and oxygen atoms in total. The van der Waals surface area contributed by atoms with E-state index in [0.717, 1.165) is 17.2 Å². The molecule has 32 heavy (non-hydrogen) atoms. The van der Waals surface area contributed by atoms with Gasteiger partial charge < -0.3 is 14.2 Å². The second-order valence-corrected chi connectivity index (χ2v) is 6.86. The lowest BCUT2D eigenvalue weighted by Gasteiger charge is -2.11. The Hall–Kier alpha value is -3.87. The van der Waals surface area contributed by atoms with Gasteiger partial charge in [0.15, 0.2) is 6.61 Å². The summed E-state index contributed by atoms with van der Waals surface area (Å²) in [6.45, 7) is 4.46. The molecule has 0 radical (unpaired) electrons. The first-order chi connectivity index (χ1) is 15.6. The number of nitrogens with one attached hydrogen (secondary N) is 1. The number of carbonyl (C=O) groups is 2. The zero-order valence-corrected chi connectivity index (χ0v) is 18.2. The molecule has 0 bridgehead atoms. The summed E-state index contributed by atoms with van der Waals surface area (Å²) in [6, 6.07) is 18.2. The van der Waals surface area contributed by atoms with Crippen molar-refractivity contribution in [1.82, 2.24) is 5.43 Å². The molecule has 0 saturated heterocycles. The van der Waals surface area contributed by atoms with Gasteiger partial charge in [0.2, 0.25) is 0 Å². The van der Waals surface area contributed by atoms with Crippen LogP contribution in [-0.4, -0.2) is 37.9 Å². The van der Waals surface area contributed by atoms with Crippen LogP contribution in [0.25, 0.3) is 10.8 Å². The van der Waals surface area contributed by atoms with Crippen LogP contribution in [0.4, 0.5) is 0 Å². The van der Waals surface area contributed by atoms with Gasteiger partial charge in [-0.25, -0.2) is 10.2 Å². The van der Waals surface area contributed by atoms with Crippen LogP contribution in [0.3, 0.4) is 0 Å². The van der Waals surface area contributed by atoms with E-state index in [1.807, 2.05) is 37.3 Å². The van der Waals surface area contributed by atoms with E-state index in [1.165, 1.54) is 6.21 Å². The SMILES string of the molecule is CCCOc1ccc(C(=O)N/N=C/c2c(OCC(=O)OCC)ccc3ccccc23)cc1. The molecule has 0 aliphatic heterocycles. The van der Waals surface area contributed by atoms with Crippen LogP contribution < -0.4 is 14.9 Å². The Labute approximate surface area is 187 Å². The highest BCUT2D eigenvalue weighted by Gasteiger charge is 2.11. The molecule has 0 unspecified atom stereocenters. The summed E-state index contributed by atoms with van der Waals surface area (Å²) in [5.74, 6) is 0.374. The van der Waals surface area contributed by atoms with Gasteiger partial charge in [-0.15, -0.1) is 0 Å². The fraction of sp³-hybridized carbons (Fsp3) is 0.240. The second-order valence-electron chi connectivity index (χ2n) is 6.86. The van der Waals surface area contributed by atoms with Crippen LogP contribution in [0.1, 0.15) is 36.2 Å². The largest absolute Gasteiger partial charge is 0.494 e. The minimum atomic E-state index is -0.455. The van der Waals surface area contributed by atoms with E-state index >= 15 is 0 Å². The third-order valence-electron chi connectivity index (χ3n) is 4.53. The summed E-state index contributed by atoms with van der Waals surface area (Å²) >= 11 is 0. The van der Waals surface area contributed by atoms with Gasteiger partial charge >= 0.3 is 5.97 Å². The van der Waals surface area contributed by atoms with Crippen LogP contribution in [0.5, 0.6) is 11.5 Å². The highest BCUT2D eigenvalue weighted by atomic mass is 16.6. The number of carbonyl (C=O) groups excluding carboxylic acids is 2. The number of benzene rings is 3. The highest BCUT2D eigenvalue weighted by Crippen LogP contribution is 2.26. The van der Waals surface area contributed by atoms with E-state index in [1.54, 1.807) is 37.3 Å². The molecular weight excluding hydrogens is 408 g/mol. The maximum atomic E-state index is 12.4. The Kier molecular flexibility index (Phi) is 8.20. The second kappa shape index (κ2) is 11.5. The number of ether oxygens (including phenoxy) is 3. The lowest BCUT2D eigenvalue weighted by molar-refractivity contribution is -0.145. The molecule has 0 saturated carbocycles. The number of rotatable bonds is 10. The number of nitrogens with zero attached hydrogens (tertiary/aromatic N) is 1. The van der Waals surface area contributed by atoms with Gasteiger partial charge in [0.05, 0.1) is 19.4 Å². The molecule has 0 spiro atoms. The molecule has 0 aromatic heterocycles. The molecule has 7 heteroatoms. The van der Waals surface area contributed by atoms with E-state index in [0.29, 0.717) is 29.2 Å². The normalized spacial score (nSPS) is 10.8. The van der Waals surface area contributed by atoms with Gasteiger partial charge in [-0.3, -0.25) is 4.79 Å². The monoisotopic (exact) mass is 434 g/mol. The van der Waals surface area contributed by atoms with Gasteiger partial charge in [0.25, 0.3) is 5.91 Å². The van der Waals surface area contributed by atoms with Crippen molar-refractivity contribution in [3.63, 3.8) is 0 Å². The van der Waals surface area contributed by atoms with Crippen molar-refractivity contribution in [2.45, 2.75) is 20.3 Å². The number of fused-ring (bicyclic) bond motifs is 1. The molecule has 3 rings (SSSR count). The minimum Gasteiger partial charge on any atom is -0.494 e. The maximum Gasteiger partial charge on any atom is 0.344 e. The fourth-order valence-corrected chi connectivity index (χ4v) is 3.02. The number of hydrazone groups is 1. The number of esters is 1. The number of hydrogen-bond donors (Lipinski definition) is 1. The van der Waals surface area contributed by atoms with E-state index in [2.05, 4.69) is 10.5 Å². The quantitative estimate of drug-likeness (QED) is 0.292. The van der Waals surface area contributed by atoms with Crippen molar-refractivity contribution in [3.8, 4) is 11.5 Å². The average molecular weight is 434 g/mol. The summed E-state index contributed by atoms with van der Waals surface area (Å²) in [7, 11) is 0. The van der Waals surface area contributed by atoms with Crippen LogP contribution in [0.15, 0.2) is 65.8 Å². The Morgan fingerprint density at radius 3 is 2.50 bits per heavy atom. The summed E-state index contributed by atoms with van der Waals surface area (Å²) < 4.78 is 16.1. The predicted octanol–water partition coefficient (Wildman–Crippen LogP) is 4.33. The van der Waals surface area contributed by atoms with Gasteiger partial charge in [0.1, 0.15) is 11.5 Å². The van der Waals surface area contributed by atoms with Crippen molar-refractivity contribution in [2.75, 3.05) is 19.8 Å². The van der Waals surface area contributed by atoms with Gasteiger partial charge in [-0.2, -0.15) is 5.10 Å². The van der Waals surface area contributed by atoms with E-state index in [9.17, 15) is 9.59 Å². The van der Waals surface area contributed by atoms with Crippen LogP contribution in [0, 0.1) is 0 Å². The molecule has 0 atom stereocenters. The van der Waals surface area contributed by atoms with Crippen molar-refractivity contribution in [1.29, 1.82) is 0 Å². The first-order valence-electron chi connectivity index (χ1n) is 10.5. The first-order valence-corrected chi connectivity index (χ1v) is 10.5. The van der Waals surface area contributed by atoms with Crippen LogP contribution in [0.2, 0.25) is 0 Å². The Bertz CT molecular complexity index is 1090. The molecule has 0 aliphatic rings. The lowest BCUT2D eigenvalue weighted by Crippen LogP contribution is -2.18. The molecule has 0 fully saturated rings. The summed E-state index contributed by atoms with van der Waals surface area (Å²) in [4.78, 5) is 24.1. The molecule has 166 valence electrons. The van der Waals surface area contributed by atoms with Crippen molar-refractivity contribution >= 4 is 28.9 Å². The standard InChI is InChI=1S/C25H26N2O5/c1-3-15-31-20-12-9-19(10-13-20)25(29)27-26-16-22-21-8-6-5-7-18(21)11-14-23(22)32-17-24(28)30-4-2/h5-14,16H,3-4,15,17H2,1-2H3,(H,27,29)/b26-16+. The lowest BCUT2D eigenvalue weighted by atomic mass is 10.0. The summed E-state index contributed by atoms with van der Waals surface area (Å²) in [5.41, 5.74) is 3.64. The molecule has 3 aromatic carbocycles. The molecule has 3 aromatic rings. The third-order valence-corrected chi connectivity index (χ3v) is 4.53. The van der Waals surface area contributed by atoms with Crippen LogP contribution >= 0.6 is 0 Å². The Morgan fingerprint density at radius 2 is 1.75 bits per heavy atom. The minimum absolute atomic E-state index is 0.216. The topological polar surface area (TPSA) is 86.2 Å². The van der Waals surface area contributed by atoms with Crippen molar-refractivity contribution in [3.05, 3.63) is 71.8 Å². The molecule has 1 N–H and O–H groups in total. The van der Waals surface area contributed by atoms with Crippen LogP contribution in [-0.2, 0) is 9.53 Å². The Balaban J connectivity index is 1.75. The van der Waals surface area contributed by atoms with E-state index < -0.39 is 5.97 Å². The van der Waals surface area contributed by atoms with Crippen molar-refractivity contribution < 1.29 is 23.8 Å². The Morgan fingerprint density at radius 1 is 0.969 bits per heavy atom. The number of amides is 1. The molecular formula is C25H26N2O5. The molecule has 1 amide bonds. The van der Waals surface area contributed by atoms with E-state index in [4.69, 9.17) is 14.2 Å². The average Bonchev–Trinajstić information content (AvgIpc) is 2.82. The summed E-state index contributed by atoms with van der Waals surface area (Å²) in [6.07, 6.45) is 2.43. The third kappa shape index (κ3) is 6.07. The van der Waals surface area contributed by atoms with Gasteiger partial charge in [-0.05, 0) is 54.4 Å². The van der Waals surface area contributed by atoms with Gasteiger partial charge in [-0.1, -0.05) is 37.3 Å². The first kappa shape index (κ1) is 22.8. The molecule has 0 aliphatic carbocycles. The zero-order valence-electron chi connectivity index (χ0n) is 18.2. The fourth-order valence-electron chi connectivity index (χ4n) is 3.02. The van der Waals surface area contributed by atoms with Crippen molar-refractivity contribution in [2.24, 2.45) is 5.10 Å². The van der Waals surface area contributed by atoms with E-state index in [-0.39, 0.29) is 19.1 Å². The van der Waals surface area contributed by atoms with Gasteiger partial charge in [0, 0.05) is 11.1 Å². The summed E-state index contributed by atoms with van der Waals surface area (Å²) in [5, 5.41) is 5.97. The predicted molar refractivity (Wildman–Crippen MR) is 123 cm³/mol. The smallest absolute Gasteiger partial charge is 0.344 e. The maximum absolute atomic E-state index is 12.4. The zero-order chi connectivity index (χ0) is 22.8. The molecule has 0 heterocycles.